The van der Waals surface area contributed by atoms with Gasteiger partial charge in [-0.3, -0.25) is 4.79 Å². The third kappa shape index (κ3) is 1.25. The summed E-state index contributed by atoms with van der Waals surface area (Å²) in [4.78, 5) is 11.2. The van der Waals surface area contributed by atoms with E-state index >= 15 is 0 Å². The molecule has 0 saturated carbocycles. The summed E-state index contributed by atoms with van der Waals surface area (Å²) in [6, 6.07) is 8.03. The predicted octanol–water partition coefficient (Wildman–Crippen LogP) is 1.93. The number of ketones is 1. The zero-order valence-electron chi connectivity index (χ0n) is 7.57. The first-order valence-electron chi connectivity index (χ1n) is 4.08. The van der Waals surface area contributed by atoms with Crippen LogP contribution in [0.2, 0.25) is 0 Å². The number of aromatic nitrogens is 1. The maximum atomic E-state index is 11.2. The van der Waals surface area contributed by atoms with E-state index in [9.17, 15) is 4.79 Å². The molecule has 1 aromatic carbocycles. The number of aryl methyl sites for hydroxylation is 1. The second-order valence-corrected chi connectivity index (χ2v) is 4.02. The molecule has 1 heterocycles. The molecule has 1 aromatic heterocycles. The minimum atomic E-state index is 0.128. The van der Waals surface area contributed by atoms with Crippen molar-refractivity contribution in [2.45, 2.75) is 6.92 Å². The van der Waals surface area contributed by atoms with Gasteiger partial charge in [0.1, 0.15) is 11.7 Å². The molecule has 0 atom stereocenters. The number of carbonyl (C=O) groups is 1. The second kappa shape index (κ2) is 2.92. The van der Waals surface area contributed by atoms with Crippen LogP contribution in [-0.4, -0.2) is 5.78 Å². The van der Waals surface area contributed by atoms with Crippen LogP contribution < -0.4 is 4.57 Å². The maximum Gasteiger partial charge on any atom is 0.305 e. The molecular weight excluding hydrogens is 182 g/mol. The van der Waals surface area contributed by atoms with E-state index in [0.29, 0.717) is 0 Å². The first-order chi connectivity index (χ1) is 6.20. The Morgan fingerprint density at radius 1 is 1.38 bits per heavy atom. The number of rotatable bonds is 1. The van der Waals surface area contributed by atoms with E-state index < -0.39 is 0 Å². The molecule has 13 heavy (non-hydrogen) atoms. The van der Waals surface area contributed by atoms with Crippen molar-refractivity contribution in [2.75, 3.05) is 0 Å². The highest BCUT2D eigenvalue weighted by Gasteiger charge is 2.19. The normalized spacial score (nSPS) is 10.6. The largest absolute Gasteiger partial charge is 0.305 e. The molecule has 0 saturated heterocycles. The van der Waals surface area contributed by atoms with Gasteiger partial charge in [0.2, 0.25) is 11.3 Å². The van der Waals surface area contributed by atoms with Crippen LogP contribution in [-0.2, 0) is 7.05 Å². The van der Waals surface area contributed by atoms with Gasteiger partial charge in [0, 0.05) is 13.0 Å². The molecule has 0 bridgehead atoms. The average Bonchev–Trinajstić information content (AvgIpc) is 2.45. The predicted molar refractivity (Wildman–Crippen MR) is 53.0 cm³/mol. The van der Waals surface area contributed by atoms with E-state index in [-0.39, 0.29) is 5.78 Å². The van der Waals surface area contributed by atoms with Crippen molar-refractivity contribution in [3.05, 3.63) is 29.3 Å². The second-order valence-electron chi connectivity index (χ2n) is 2.99. The Bertz CT molecular complexity index is 473. The summed E-state index contributed by atoms with van der Waals surface area (Å²) < 4.78 is 3.11. The third-order valence-electron chi connectivity index (χ3n) is 2.04. The molecule has 0 N–H and O–H groups in total. The summed E-state index contributed by atoms with van der Waals surface area (Å²) in [5.41, 5.74) is 1.12. The quantitative estimate of drug-likeness (QED) is 0.499. The third-order valence-corrected chi connectivity index (χ3v) is 3.36. The molecule has 0 spiro atoms. The molecule has 0 radical (unpaired) electrons. The molecule has 2 aromatic rings. The molecule has 3 heteroatoms. The summed E-state index contributed by atoms with van der Waals surface area (Å²) in [6.07, 6.45) is 0. The van der Waals surface area contributed by atoms with Crippen LogP contribution in [0.3, 0.4) is 0 Å². The smallest absolute Gasteiger partial charge is 0.287 e. The molecular formula is C10H10NOS+. The van der Waals surface area contributed by atoms with E-state index in [1.807, 2.05) is 35.9 Å². The molecule has 0 fully saturated rings. The number of hydrogen-bond acceptors (Lipinski definition) is 2. The van der Waals surface area contributed by atoms with Gasteiger partial charge in [-0.25, -0.2) is 0 Å². The van der Waals surface area contributed by atoms with Crippen LogP contribution in [0.4, 0.5) is 0 Å². The topological polar surface area (TPSA) is 20.9 Å². The number of carbonyl (C=O) groups excluding carboxylic acids is 1. The number of benzene rings is 1. The molecule has 0 amide bonds. The van der Waals surface area contributed by atoms with Gasteiger partial charge in [-0.2, -0.15) is 4.57 Å². The molecule has 0 aliphatic rings. The average molecular weight is 192 g/mol. The number of fused-ring (bicyclic) bond motifs is 1. The van der Waals surface area contributed by atoms with Crippen molar-refractivity contribution in [3.63, 3.8) is 0 Å². The monoisotopic (exact) mass is 192 g/mol. The van der Waals surface area contributed by atoms with Crippen molar-refractivity contribution in [1.29, 1.82) is 0 Å². The van der Waals surface area contributed by atoms with Gasteiger partial charge < -0.3 is 0 Å². The molecule has 2 rings (SSSR count). The lowest BCUT2D eigenvalue weighted by atomic mass is 10.3. The highest BCUT2D eigenvalue weighted by atomic mass is 32.1. The van der Waals surface area contributed by atoms with Crippen LogP contribution >= 0.6 is 11.3 Å². The Labute approximate surface area is 80.4 Å². The molecule has 0 unspecified atom stereocenters. The zero-order valence-corrected chi connectivity index (χ0v) is 8.39. The highest BCUT2D eigenvalue weighted by molar-refractivity contribution is 7.19. The van der Waals surface area contributed by atoms with Crippen LogP contribution in [0.1, 0.15) is 16.7 Å². The number of Topliss-reactive ketones (excluding diaryl/α,β-unsaturated/α-hetero) is 1. The van der Waals surface area contributed by atoms with Crippen LogP contribution in [0.15, 0.2) is 24.3 Å². The summed E-state index contributed by atoms with van der Waals surface area (Å²) in [6.45, 7) is 1.60. The minimum Gasteiger partial charge on any atom is -0.287 e. The van der Waals surface area contributed by atoms with E-state index in [1.54, 1.807) is 18.3 Å². The lowest BCUT2D eigenvalue weighted by Gasteiger charge is -1.85. The van der Waals surface area contributed by atoms with Crippen molar-refractivity contribution in [3.8, 4) is 0 Å². The summed E-state index contributed by atoms with van der Waals surface area (Å²) in [5, 5.41) is 0.807. The fraction of sp³-hybridized carbons (Fsp3) is 0.200. The first kappa shape index (κ1) is 8.38. The minimum absolute atomic E-state index is 0.128. The lowest BCUT2D eigenvalue weighted by molar-refractivity contribution is -0.642. The maximum absolute atomic E-state index is 11.2. The van der Waals surface area contributed by atoms with E-state index in [1.165, 1.54) is 0 Å². The summed E-state index contributed by atoms with van der Waals surface area (Å²) in [5.74, 6) is 0.128. The molecule has 2 nitrogen and oxygen atoms in total. The molecule has 0 aliphatic heterocycles. The van der Waals surface area contributed by atoms with E-state index in [2.05, 4.69) is 0 Å². The Morgan fingerprint density at radius 3 is 2.69 bits per heavy atom. The van der Waals surface area contributed by atoms with Gasteiger partial charge in [-0.05, 0) is 6.07 Å². The molecule has 0 aliphatic carbocycles. The van der Waals surface area contributed by atoms with Crippen molar-refractivity contribution in [1.82, 2.24) is 0 Å². The van der Waals surface area contributed by atoms with Gasteiger partial charge in [0.05, 0.1) is 0 Å². The fourth-order valence-electron chi connectivity index (χ4n) is 1.41. The van der Waals surface area contributed by atoms with Crippen LogP contribution in [0, 0.1) is 0 Å². The standard InChI is InChI=1S/C10H10NOS/c1-7(12)10-11(2)8-5-3-4-6-9(8)13-10/h3-6H,1-2H3/q+1. The van der Waals surface area contributed by atoms with Crippen molar-refractivity contribution >= 4 is 27.3 Å². The van der Waals surface area contributed by atoms with Gasteiger partial charge in [-0.1, -0.05) is 23.5 Å². The van der Waals surface area contributed by atoms with Crippen LogP contribution in [0.25, 0.3) is 10.2 Å². The fourth-order valence-corrected chi connectivity index (χ4v) is 2.45. The molecule has 66 valence electrons. The Kier molecular flexibility index (Phi) is 1.88. The van der Waals surface area contributed by atoms with Gasteiger partial charge in [-0.15, -0.1) is 0 Å². The first-order valence-corrected chi connectivity index (χ1v) is 4.90. The summed E-state index contributed by atoms with van der Waals surface area (Å²) >= 11 is 1.55. The highest BCUT2D eigenvalue weighted by Crippen LogP contribution is 2.19. The number of hydrogen-bond donors (Lipinski definition) is 0. The van der Waals surface area contributed by atoms with E-state index in [4.69, 9.17) is 0 Å². The Hall–Kier alpha value is -1.22. The van der Waals surface area contributed by atoms with Gasteiger partial charge >= 0.3 is 5.01 Å². The lowest BCUT2D eigenvalue weighted by Crippen LogP contribution is -2.32. The number of para-hydroxylation sites is 1. The Balaban J connectivity index is 2.81. The van der Waals surface area contributed by atoms with Crippen molar-refractivity contribution < 1.29 is 9.36 Å². The number of nitrogens with zero attached hydrogens (tertiary/aromatic N) is 1. The van der Waals surface area contributed by atoms with Gasteiger partial charge in [0.15, 0.2) is 0 Å². The van der Waals surface area contributed by atoms with Crippen molar-refractivity contribution in [2.24, 2.45) is 7.05 Å². The zero-order chi connectivity index (χ0) is 9.42. The number of thiazole rings is 1. The SMILES string of the molecule is CC(=O)c1sc2ccccc2[n+]1C. The Morgan fingerprint density at radius 2 is 2.08 bits per heavy atom. The summed E-state index contributed by atoms with van der Waals surface area (Å²) in [7, 11) is 1.93. The van der Waals surface area contributed by atoms with Gasteiger partial charge in [0.25, 0.3) is 0 Å². The van der Waals surface area contributed by atoms with Crippen LogP contribution in [0.5, 0.6) is 0 Å². The van der Waals surface area contributed by atoms with E-state index in [0.717, 1.165) is 15.2 Å².